The Balaban J connectivity index is 0. The second-order valence-electron chi connectivity index (χ2n) is 1.72. The molecule has 0 heterocycles. The zero-order valence-corrected chi connectivity index (χ0v) is 5.74. The Bertz CT molecular complexity index is 38.0. The Hall–Kier alpha value is -0.0800. The second-order valence-corrected chi connectivity index (χ2v) is 1.72. The molecule has 0 rings (SSSR count). The fourth-order valence-electron chi connectivity index (χ4n) is 0.421. The van der Waals surface area contributed by atoms with E-state index >= 15 is 0 Å². The van der Waals surface area contributed by atoms with Crippen LogP contribution < -0.4 is 5.32 Å². The van der Waals surface area contributed by atoms with E-state index in [1.54, 1.807) is 0 Å². The maximum absolute atomic E-state index is 5.16. The van der Waals surface area contributed by atoms with Crippen LogP contribution in [0.3, 0.4) is 0 Å². The van der Waals surface area contributed by atoms with E-state index in [9.17, 15) is 0 Å². The highest BCUT2D eigenvalue weighted by molar-refractivity contribution is 4.34. The van der Waals surface area contributed by atoms with Crippen molar-refractivity contribution in [2.45, 2.75) is 13.3 Å². The molecular weight excluding hydrogens is 102 g/mol. The molecule has 2 nitrogen and oxygen atoms in total. The van der Waals surface area contributed by atoms with Gasteiger partial charge in [0.15, 0.2) is 0 Å². The van der Waals surface area contributed by atoms with Gasteiger partial charge in [-0.15, -0.1) is 0 Å². The van der Waals surface area contributed by atoms with Gasteiger partial charge in [-0.05, 0) is 13.5 Å². The minimum atomic E-state index is 0. The molecule has 52 valence electrons. The van der Waals surface area contributed by atoms with Crippen molar-refractivity contribution in [3.63, 3.8) is 0 Å². The Morgan fingerprint density at radius 3 is 2.75 bits per heavy atom. The van der Waals surface area contributed by atoms with Crippen molar-refractivity contribution in [2.75, 3.05) is 26.8 Å². The van der Waals surface area contributed by atoms with Crippen LogP contribution in [0.2, 0.25) is 0 Å². The molecule has 0 aliphatic rings. The van der Waals surface area contributed by atoms with Gasteiger partial charge in [0.25, 0.3) is 0 Å². The first-order valence-electron chi connectivity index (χ1n) is 3.14. The van der Waals surface area contributed by atoms with Crippen molar-refractivity contribution in [1.82, 2.24) is 5.32 Å². The highest BCUT2D eigenvalue weighted by Gasteiger charge is 1.80. The van der Waals surface area contributed by atoms with Gasteiger partial charge in [-0.3, -0.25) is 0 Å². The van der Waals surface area contributed by atoms with Crippen LogP contribution in [0.5, 0.6) is 0 Å². The van der Waals surface area contributed by atoms with Crippen LogP contribution >= 0.6 is 0 Å². The predicted octanol–water partition coefficient (Wildman–Crippen LogP) is 0.878. The second kappa shape index (κ2) is 6.92. The molecule has 0 bridgehead atoms. The van der Waals surface area contributed by atoms with Crippen LogP contribution in [-0.2, 0) is 4.74 Å². The molecule has 0 aromatic rings. The third kappa shape index (κ3) is 5.92. The highest BCUT2D eigenvalue weighted by atomic mass is 16.5. The zero-order valence-electron chi connectivity index (χ0n) is 5.74. The molecule has 0 radical (unpaired) electrons. The standard InChI is InChI=1S/C6H15NO.H2/c1-3-5-8-6-4-7-2;/h7H,3-6H2,1-2H3;1H. The van der Waals surface area contributed by atoms with E-state index in [4.69, 9.17) is 4.74 Å². The molecule has 8 heavy (non-hydrogen) atoms. The van der Waals surface area contributed by atoms with Crippen molar-refractivity contribution in [3.05, 3.63) is 0 Å². The van der Waals surface area contributed by atoms with Crippen molar-refractivity contribution < 1.29 is 6.16 Å². The highest BCUT2D eigenvalue weighted by Crippen LogP contribution is 1.76. The maximum atomic E-state index is 5.16. The molecule has 1 N–H and O–H groups in total. The van der Waals surface area contributed by atoms with Crippen LogP contribution in [0, 0.1) is 0 Å². The average molecular weight is 119 g/mol. The fourth-order valence-corrected chi connectivity index (χ4v) is 0.421. The third-order valence-electron chi connectivity index (χ3n) is 0.845. The lowest BCUT2D eigenvalue weighted by atomic mass is 10.5. The number of rotatable bonds is 5. The van der Waals surface area contributed by atoms with E-state index in [2.05, 4.69) is 12.2 Å². The summed E-state index contributed by atoms with van der Waals surface area (Å²) in [5.41, 5.74) is 0. The summed E-state index contributed by atoms with van der Waals surface area (Å²) in [6.07, 6.45) is 1.11. The molecule has 2 heteroatoms. The summed E-state index contributed by atoms with van der Waals surface area (Å²) in [4.78, 5) is 0. The zero-order chi connectivity index (χ0) is 6.24. The Morgan fingerprint density at radius 2 is 2.25 bits per heavy atom. The quantitative estimate of drug-likeness (QED) is 0.542. The number of hydrogen-bond donors (Lipinski definition) is 1. The van der Waals surface area contributed by atoms with E-state index in [1.165, 1.54) is 0 Å². The van der Waals surface area contributed by atoms with Crippen molar-refractivity contribution >= 4 is 0 Å². The Kier molecular flexibility index (Phi) is 6.85. The number of hydrogen-bond acceptors (Lipinski definition) is 2. The lowest BCUT2D eigenvalue weighted by Gasteiger charge is -1.98. The minimum Gasteiger partial charge on any atom is -0.380 e. The monoisotopic (exact) mass is 119 g/mol. The lowest BCUT2D eigenvalue weighted by Crippen LogP contribution is -2.14. The van der Waals surface area contributed by atoms with Gasteiger partial charge in [-0.2, -0.15) is 0 Å². The SMILES string of the molecule is CCCOCCNC.[HH]. The fraction of sp³-hybridized carbons (Fsp3) is 1.00. The first kappa shape index (κ1) is 7.92. The first-order valence-corrected chi connectivity index (χ1v) is 3.14. The number of likely N-dealkylation sites (N-methyl/N-ethyl adjacent to an activating group) is 1. The molecule has 0 aliphatic heterocycles. The van der Waals surface area contributed by atoms with E-state index in [0.717, 1.165) is 26.2 Å². The van der Waals surface area contributed by atoms with Gasteiger partial charge in [-0.1, -0.05) is 6.92 Å². The summed E-state index contributed by atoms with van der Waals surface area (Å²) in [6.45, 7) is 4.80. The molecule has 0 aliphatic carbocycles. The van der Waals surface area contributed by atoms with E-state index in [1.807, 2.05) is 7.05 Å². The van der Waals surface area contributed by atoms with Gasteiger partial charge in [-0.25, -0.2) is 0 Å². The van der Waals surface area contributed by atoms with Gasteiger partial charge >= 0.3 is 0 Å². The summed E-state index contributed by atoms with van der Waals surface area (Å²) >= 11 is 0. The van der Waals surface area contributed by atoms with Gasteiger partial charge in [0.05, 0.1) is 6.61 Å². The summed E-state index contributed by atoms with van der Waals surface area (Å²) in [7, 11) is 1.93. The molecular formula is C6H17NO. The maximum Gasteiger partial charge on any atom is 0.0590 e. The smallest absolute Gasteiger partial charge is 0.0590 e. The van der Waals surface area contributed by atoms with Gasteiger partial charge in [0.2, 0.25) is 0 Å². The van der Waals surface area contributed by atoms with Crippen LogP contribution in [-0.4, -0.2) is 26.8 Å². The molecule has 0 aromatic carbocycles. The molecule has 0 amide bonds. The van der Waals surface area contributed by atoms with E-state index in [0.29, 0.717) is 0 Å². The van der Waals surface area contributed by atoms with E-state index < -0.39 is 0 Å². The largest absolute Gasteiger partial charge is 0.380 e. The van der Waals surface area contributed by atoms with Crippen LogP contribution in [0.4, 0.5) is 0 Å². The molecule has 0 saturated heterocycles. The van der Waals surface area contributed by atoms with Gasteiger partial charge in [0, 0.05) is 14.6 Å². The molecule has 0 saturated carbocycles. The predicted molar refractivity (Wildman–Crippen MR) is 37.2 cm³/mol. The van der Waals surface area contributed by atoms with Crippen molar-refractivity contribution in [2.24, 2.45) is 0 Å². The van der Waals surface area contributed by atoms with Crippen LogP contribution in [0.25, 0.3) is 0 Å². The molecule has 0 atom stereocenters. The lowest BCUT2D eigenvalue weighted by molar-refractivity contribution is 0.138. The molecule has 0 aromatic heterocycles. The van der Waals surface area contributed by atoms with Gasteiger partial charge < -0.3 is 10.1 Å². The Labute approximate surface area is 52.7 Å². The molecule has 0 fully saturated rings. The first-order chi connectivity index (χ1) is 3.91. The van der Waals surface area contributed by atoms with Crippen LogP contribution in [0.1, 0.15) is 14.8 Å². The van der Waals surface area contributed by atoms with Crippen molar-refractivity contribution in [3.8, 4) is 0 Å². The van der Waals surface area contributed by atoms with Gasteiger partial charge in [0.1, 0.15) is 0 Å². The average Bonchev–Trinajstić information content (AvgIpc) is 1.81. The minimum absolute atomic E-state index is 0. The number of nitrogens with one attached hydrogen (secondary N) is 1. The normalized spacial score (nSPS) is 9.75. The summed E-state index contributed by atoms with van der Waals surface area (Å²) in [6, 6.07) is 0. The third-order valence-corrected chi connectivity index (χ3v) is 0.845. The Morgan fingerprint density at radius 1 is 1.50 bits per heavy atom. The molecule has 0 spiro atoms. The topological polar surface area (TPSA) is 21.3 Å². The van der Waals surface area contributed by atoms with E-state index in [-0.39, 0.29) is 1.43 Å². The summed E-state index contributed by atoms with van der Waals surface area (Å²) < 4.78 is 5.16. The summed E-state index contributed by atoms with van der Waals surface area (Å²) in [5, 5.41) is 3.00. The summed E-state index contributed by atoms with van der Waals surface area (Å²) in [5.74, 6) is 0. The van der Waals surface area contributed by atoms with Crippen LogP contribution in [0.15, 0.2) is 0 Å². The molecule has 0 unspecified atom stereocenters. The number of ether oxygens (including phenoxy) is 1. The van der Waals surface area contributed by atoms with Crippen molar-refractivity contribution in [1.29, 1.82) is 0 Å².